The van der Waals surface area contributed by atoms with E-state index < -0.39 is 11.4 Å². The Morgan fingerprint density at radius 3 is 2.69 bits per heavy atom. The normalized spacial score (nSPS) is 11.8. The van der Waals surface area contributed by atoms with Crippen LogP contribution in [0.2, 0.25) is 0 Å². The SMILES string of the molecule is CC(C)n1cc(OCC(C)(C)C(=O)O)cn1. The molecule has 0 bridgehead atoms. The summed E-state index contributed by atoms with van der Waals surface area (Å²) in [7, 11) is 0. The minimum absolute atomic E-state index is 0.131. The van der Waals surface area contributed by atoms with Crippen LogP contribution in [0.5, 0.6) is 5.75 Å². The van der Waals surface area contributed by atoms with Crippen LogP contribution in [0.3, 0.4) is 0 Å². The molecule has 1 aromatic rings. The van der Waals surface area contributed by atoms with Crippen LogP contribution < -0.4 is 4.74 Å². The van der Waals surface area contributed by atoms with Crippen molar-refractivity contribution >= 4 is 5.97 Å². The van der Waals surface area contributed by atoms with Gasteiger partial charge in [-0.2, -0.15) is 5.10 Å². The number of carboxylic acid groups (broad SMARTS) is 1. The largest absolute Gasteiger partial charge is 0.489 e. The van der Waals surface area contributed by atoms with Crippen molar-refractivity contribution in [3.63, 3.8) is 0 Å². The van der Waals surface area contributed by atoms with Gasteiger partial charge in [-0.3, -0.25) is 9.48 Å². The Morgan fingerprint density at radius 1 is 1.62 bits per heavy atom. The van der Waals surface area contributed by atoms with E-state index in [1.54, 1.807) is 30.9 Å². The molecule has 0 radical (unpaired) electrons. The number of hydrogen-bond donors (Lipinski definition) is 1. The maximum Gasteiger partial charge on any atom is 0.312 e. The molecule has 1 rings (SSSR count). The molecule has 5 nitrogen and oxygen atoms in total. The maximum absolute atomic E-state index is 10.9. The summed E-state index contributed by atoms with van der Waals surface area (Å²) in [6.45, 7) is 7.41. The average Bonchev–Trinajstić information content (AvgIpc) is 2.63. The molecule has 1 heterocycles. The van der Waals surface area contributed by atoms with Crippen molar-refractivity contribution in [1.82, 2.24) is 9.78 Å². The van der Waals surface area contributed by atoms with E-state index in [0.717, 1.165) is 0 Å². The minimum atomic E-state index is -0.889. The molecule has 0 aliphatic heterocycles. The zero-order valence-corrected chi connectivity index (χ0v) is 10.1. The predicted octanol–water partition coefficient (Wildman–Crippen LogP) is 1.95. The van der Waals surface area contributed by atoms with Crippen LogP contribution in [0.1, 0.15) is 33.7 Å². The summed E-state index contributed by atoms with van der Waals surface area (Å²) in [5.41, 5.74) is -0.889. The molecular weight excluding hydrogens is 208 g/mol. The molecule has 16 heavy (non-hydrogen) atoms. The van der Waals surface area contributed by atoms with Crippen molar-refractivity contribution in [3.8, 4) is 5.75 Å². The number of carbonyl (C=O) groups is 1. The summed E-state index contributed by atoms with van der Waals surface area (Å²) in [4.78, 5) is 10.9. The summed E-state index contributed by atoms with van der Waals surface area (Å²) < 4.78 is 7.17. The van der Waals surface area contributed by atoms with Gasteiger partial charge in [0.2, 0.25) is 0 Å². The van der Waals surface area contributed by atoms with Crippen LogP contribution in [0.15, 0.2) is 12.4 Å². The molecule has 1 N–H and O–H groups in total. The number of carboxylic acids is 1. The highest BCUT2D eigenvalue weighted by Crippen LogP contribution is 2.19. The second-order valence-corrected chi connectivity index (χ2v) is 4.73. The van der Waals surface area contributed by atoms with Crippen molar-refractivity contribution in [3.05, 3.63) is 12.4 Å². The van der Waals surface area contributed by atoms with Crippen LogP contribution in [0.25, 0.3) is 0 Å². The first kappa shape index (κ1) is 12.5. The summed E-state index contributed by atoms with van der Waals surface area (Å²) in [6, 6.07) is 0.268. The summed E-state index contributed by atoms with van der Waals surface area (Å²) in [5, 5.41) is 13.0. The Hall–Kier alpha value is -1.52. The van der Waals surface area contributed by atoms with Gasteiger partial charge >= 0.3 is 5.97 Å². The monoisotopic (exact) mass is 226 g/mol. The second-order valence-electron chi connectivity index (χ2n) is 4.73. The van der Waals surface area contributed by atoms with Gasteiger partial charge in [-0.25, -0.2) is 0 Å². The van der Waals surface area contributed by atoms with Crippen LogP contribution >= 0.6 is 0 Å². The number of nitrogens with zero attached hydrogens (tertiary/aromatic N) is 2. The number of hydrogen-bond acceptors (Lipinski definition) is 3. The Kier molecular flexibility index (Phi) is 3.57. The molecule has 90 valence electrons. The molecule has 0 saturated carbocycles. The van der Waals surface area contributed by atoms with Gasteiger partial charge in [-0.05, 0) is 27.7 Å². The maximum atomic E-state index is 10.9. The van der Waals surface area contributed by atoms with E-state index in [9.17, 15) is 4.79 Å². The van der Waals surface area contributed by atoms with Crippen LogP contribution in [-0.2, 0) is 4.79 Å². The Bertz CT molecular complexity index is 369. The zero-order valence-electron chi connectivity index (χ0n) is 10.1. The van der Waals surface area contributed by atoms with Gasteiger partial charge in [0.25, 0.3) is 0 Å². The standard InChI is InChI=1S/C11H18N2O3/c1-8(2)13-6-9(5-12-13)16-7-11(3,4)10(14)15/h5-6,8H,7H2,1-4H3,(H,14,15). The molecule has 0 aliphatic carbocycles. The summed E-state index contributed by atoms with van der Waals surface area (Å²) >= 11 is 0. The zero-order chi connectivity index (χ0) is 12.3. The highest BCUT2D eigenvalue weighted by atomic mass is 16.5. The van der Waals surface area contributed by atoms with Crippen molar-refractivity contribution in [2.24, 2.45) is 5.41 Å². The highest BCUT2D eigenvalue weighted by Gasteiger charge is 2.28. The fourth-order valence-corrected chi connectivity index (χ4v) is 1.00. The van der Waals surface area contributed by atoms with E-state index in [0.29, 0.717) is 5.75 Å². The van der Waals surface area contributed by atoms with Crippen molar-refractivity contribution < 1.29 is 14.6 Å². The fraction of sp³-hybridized carbons (Fsp3) is 0.636. The highest BCUT2D eigenvalue weighted by molar-refractivity contribution is 5.73. The molecule has 5 heteroatoms. The molecule has 1 aromatic heterocycles. The Balaban J connectivity index is 2.58. The molecule has 0 unspecified atom stereocenters. The third-order valence-electron chi connectivity index (χ3n) is 2.29. The number of ether oxygens (including phenoxy) is 1. The quantitative estimate of drug-likeness (QED) is 0.833. The number of aromatic nitrogens is 2. The van der Waals surface area contributed by atoms with Crippen LogP contribution in [0, 0.1) is 5.41 Å². The van der Waals surface area contributed by atoms with Gasteiger partial charge in [0.1, 0.15) is 6.61 Å². The second kappa shape index (κ2) is 4.55. The van der Waals surface area contributed by atoms with E-state index in [4.69, 9.17) is 9.84 Å². The van der Waals surface area contributed by atoms with Crippen molar-refractivity contribution in [1.29, 1.82) is 0 Å². The van der Waals surface area contributed by atoms with E-state index in [1.807, 2.05) is 13.8 Å². The van der Waals surface area contributed by atoms with Gasteiger partial charge < -0.3 is 9.84 Å². The Labute approximate surface area is 95.0 Å². The molecule has 0 saturated heterocycles. The van der Waals surface area contributed by atoms with Crippen LogP contribution in [0.4, 0.5) is 0 Å². The molecule has 0 atom stereocenters. The smallest absolute Gasteiger partial charge is 0.312 e. The van der Waals surface area contributed by atoms with Gasteiger partial charge in [-0.15, -0.1) is 0 Å². The molecule has 0 amide bonds. The minimum Gasteiger partial charge on any atom is -0.489 e. The van der Waals surface area contributed by atoms with E-state index >= 15 is 0 Å². The van der Waals surface area contributed by atoms with E-state index in [-0.39, 0.29) is 12.6 Å². The molecule has 0 fully saturated rings. The number of aliphatic carboxylic acids is 1. The lowest BCUT2D eigenvalue weighted by molar-refractivity contribution is -0.148. The molecule has 0 aromatic carbocycles. The van der Waals surface area contributed by atoms with Crippen LogP contribution in [-0.4, -0.2) is 27.5 Å². The van der Waals surface area contributed by atoms with Crippen molar-refractivity contribution in [2.75, 3.05) is 6.61 Å². The Morgan fingerprint density at radius 2 is 2.25 bits per heavy atom. The lowest BCUT2D eigenvalue weighted by atomic mass is 9.95. The summed E-state index contributed by atoms with van der Waals surface area (Å²) in [6.07, 6.45) is 3.36. The predicted molar refractivity (Wildman–Crippen MR) is 59.5 cm³/mol. The lowest BCUT2D eigenvalue weighted by Gasteiger charge is -2.18. The first-order valence-electron chi connectivity index (χ1n) is 5.23. The van der Waals surface area contributed by atoms with E-state index in [2.05, 4.69) is 5.10 Å². The number of rotatable bonds is 5. The van der Waals surface area contributed by atoms with Crippen molar-refractivity contribution in [2.45, 2.75) is 33.7 Å². The van der Waals surface area contributed by atoms with Gasteiger partial charge in [-0.1, -0.05) is 0 Å². The van der Waals surface area contributed by atoms with E-state index in [1.165, 1.54) is 0 Å². The fourth-order valence-electron chi connectivity index (χ4n) is 1.00. The first-order valence-corrected chi connectivity index (χ1v) is 5.23. The molecule has 0 spiro atoms. The van der Waals surface area contributed by atoms with Gasteiger partial charge in [0.15, 0.2) is 5.75 Å². The topological polar surface area (TPSA) is 64.3 Å². The van der Waals surface area contributed by atoms with Gasteiger partial charge in [0, 0.05) is 6.04 Å². The molecule has 0 aliphatic rings. The first-order chi connectivity index (χ1) is 7.33. The third-order valence-corrected chi connectivity index (χ3v) is 2.29. The van der Waals surface area contributed by atoms with Gasteiger partial charge in [0.05, 0.1) is 17.8 Å². The lowest BCUT2D eigenvalue weighted by Crippen LogP contribution is -2.30. The average molecular weight is 226 g/mol. The summed E-state index contributed by atoms with van der Waals surface area (Å²) in [5.74, 6) is -0.272. The third kappa shape index (κ3) is 2.98. The molecular formula is C11H18N2O3.